The van der Waals surface area contributed by atoms with Crippen molar-refractivity contribution in [2.45, 2.75) is 44.9 Å². The molecule has 1 saturated heterocycles. The molecular formula is C16H23F3N2. The van der Waals surface area contributed by atoms with E-state index in [0.29, 0.717) is 12.6 Å². The molecular weight excluding hydrogens is 277 g/mol. The lowest BCUT2D eigenvalue weighted by Crippen LogP contribution is -2.39. The minimum absolute atomic E-state index is 0.523. The molecule has 0 amide bonds. The van der Waals surface area contributed by atoms with E-state index in [-0.39, 0.29) is 0 Å². The number of nitrogens with zero attached hydrogens (tertiary/aromatic N) is 1. The van der Waals surface area contributed by atoms with Crippen LogP contribution in [0.3, 0.4) is 0 Å². The van der Waals surface area contributed by atoms with Crippen molar-refractivity contribution in [3.05, 3.63) is 35.4 Å². The monoisotopic (exact) mass is 300 g/mol. The quantitative estimate of drug-likeness (QED) is 0.916. The molecule has 21 heavy (non-hydrogen) atoms. The van der Waals surface area contributed by atoms with E-state index in [1.807, 2.05) is 0 Å². The van der Waals surface area contributed by atoms with Gasteiger partial charge in [-0.1, -0.05) is 25.1 Å². The maximum absolute atomic E-state index is 12.7. The smallest absolute Gasteiger partial charge is 0.314 e. The molecule has 0 bridgehead atoms. The summed E-state index contributed by atoms with van der Waals surface area (Å²) in [6.07, 6.45) is -1.08. The second kappa shape index (κ2) is 7.27. The second-order valence-electron chi connectivity index (χ2n) is 5.68. The summed E-state index contributed by atoms with van der Waals surface area (Å²) < 4.78 is 38.2. The van der Waals surface area contributed by atoms with Gasteiger partial charge < -0.3 is 5.32 Å². The summed E-state index contributed by atoms with van der Waals surface area (Å²) in [5.41, 5.74) is 0.187. The van der Waals surface area contributed by atoms with Crippen molar-refractivity contribution in [2.75, 3.05) is 19.6 Å². The Labute approximate surface area is 124 Å². The Morgan fingerprint density at radius 2 is 2.10 bits per heavy atom. The maximum atomic E-state index is 12.7. The molecule has 2 rings (SSSR count). The molecule has 0 radical (unpaired) electrons. The van der Waals surface area contributed by atoms with E-state index in [1.165, 1.54) is 12.1 Å². The second-order valence-corrected chi connectivity index (χ2v) is 5.68. The van der Waals surface area contributed by atoms with Gasteiger partial charge in [-0.05, 0) is 50.5 Å². The first-order chi connectivity index (χ1) is 9.99. The van der Waals surface area contributed by atoms with Gasteiger partial charge in [-0.15, -0.1) is 0 Å². The lowest BCUT2D eigenvalue weighted by atomic mass is 10.1. The molecule has 0 spiro atoms. The molecule has 1 heterocycles. The number of benzene rings is 1. The standard InChI is InChI=1S/C16H23F3N2/c1-2-15-7-10-21(9-4-8-20-15)12-13-5-3-6-14(11-13)16(17,18)19/h3,5-6,11,15,20H,2,4,7-10,12H2,1H3. The summed E-state index contributed by atoms with van der Waals surface area (Å²) in [5, 5.41) is 3.51. The van der Waals surface area contributed by atoms with Gasteiger partial charge in [0.15, 0.2) is 0 Å². The third-order valence-electron chi connectivity index (χ3n) is 4.03. The van der Waals surface area contributed by atoms with E-state index in [4.69, 9.17) is 0 Å². The minimum Gasteiger partial charge on any atom is -0.314 e. The van der Waals surface area contributed by atoms with Crippen LogP contribution in [0, 0.1) is 0 Å². The first-order valence-electron chi connectivity index (χ1n) is 7.61. The van der Waals surface area contributed by atoms with Crippen LogP contribution in [0.2, 0.25) is 0 Å². The SMILES string of the molecule is CCC1CCN(Cc2cccc(C(F)(F)F)c2)CCCN1. The fourth-order valence-electron chi connectivity index (χ4n) is 2.77. The lowest BCUT2D eigenvalue weighted by molar-refractivity contribution is -0.137. The van der Waals surface area contributed by atoms with Crippen LogP contribution in [0.15, 0.2) is 24.3 Å². The highest BCUT2D eigenvalue weighted by Crippen LogP contribution is 2.29. The number of hydrogen-bond acceptors (Lipinski definition) is 2. The molecule has 1 aliphatic heterocycles. The molecule has 0 aliphatic carbocycles. The van der Waals surface area contributed by atoms with Crippen LogP contribution >= 0.6 is 0 Å². The predicted octanol–water partition coefficient (Wildman–Crippen LogP) is 3.67. The molecule has 1 aromatic rings. The molecule has 0 aromatic heterocycles. The summed E-state index contributed by atoms with van der Waals surface area (Å²) in [7, 11) is 0. The van der Waals surface area contributed by atoms with Gasteiger partial charge in [0.25, 0.3) is 0 Å². The Kier molecular flexibility index (Phi) is 5.65. The third-order valence-corrected chi connectivity index (χ3v) is 4.03. The molecule has 118 valence electrons. The molecule has 1 N–H and O–H groups in total. The van der Waals surface area contributed by atoms with Gasteiger partial charge in [0, 0.05) is 12.6 Å². The highest BCUT2D eigenvalue weighted by atomic mass is 19.4. The number of rotatable bonds is 3. The van der Waals surface area contributed by atoms with Crippen LogP contribution in [0.25, 0.3) is 0 Å². The Morgan fingerprint density at radius 3 is 2.81 bits per heavy atom. The van der Waals surface area contributed by atoms with Gasteiger partial charge in [0.05, 0.1) is 5.56 Å². The number of halogens is 3. The van der Waals surface area contributed by atoms with Crippen molar-refractivity contribution in [3.8, 4) is 0 Å². The van der Waals surface area contributed by atoms with Crippen molar-refractivity contribution in [1.29, 1.82) is 0 Å². The summed E-state index contributed by atoms with van der Waals surface area (Å²) in [6, 6.07) is 6.21. The molecule has 1 unspecified atom stereocenters. The topological polar surface area (TPSA) is 15.3 Å². The zero-order chi connectivity index (χ0) is 15.3. The van der Waals surface area contributed by atoms with Gasteiger partial charge in [0.2, 0.25) is 0 Å². The Balaban J connectivity index is 1.99. The van der Waals surface area contributed by atoms with E-state index in [2.05, 4.69) is 17.1 Å². The van der Waals surface area contributed by atoms with Gasteiger partial charge in [-0.3, -0.25) is 4.90 Å². The van der Waals surface area contributed by atoms with Crippen molar-refractivity contribution >= 4 is 0 Å². The van der Waals surface area contributed by atoms with Gasteiger partial charge >= 0.3 is 6.18 Å². The normalized spacial score (nSPS) is 21.8. The number of nitrogens with one attached hydrogen (secondary N) is 1. The summed E-state index contributed by atoms with van der Waals surface area (Å²) in [5.74, 6) is 0. The first kappa shape index (κ1) is 16.3. The highest BCUT2D eigenvalue weighted by molar-refractivity contribution is 5.25. The van der Waals surface area contributed by atoms with Gasteiger partial charge in [-0.2, -0.15) is 13.2 Å². The molecule has 1 atom stereocenters. The zero-order valence-corrected chi connectivity index (χ0v) is 12.4. The molecule has 1 aliphatic rings. The molecule has 5 heteroatoms. The largest absolute Gasteiger partial charge is 0.416 e. The van der Waals surface area contributed by atoms with Crippen LogP contribution in [-0.4, -0.2) is 30.6 Å². The highest BCUT2D eigenvalue weighted by Gasteiger charge is 2.30. The fourth-order valence-corrected chi connectivity index (χ4v) is 2.77. The Hall–Kier alpha value is -1.07. The van der Waals surface area contributed by atoms with Crippen molar-refractivity contribution < 1.29 is 13.2 Å². The Morgan fingerprint density at radius 1 is 1.29 bits per heavy atom. The van der Waals surface area contributed by atoms with E-state index in [1.54, 1.807) is 6.07 Å². The van der Waals surface area contributed by atoms with Crippen LogP contribution in [0.4, 0.5) is 13.2 Å². The summed E-state index contributed by atoms with van der Waals surface area (Å²) in [6.45, 7) is 5.61. The van der Waals surface area contributed by atoms with E-state index < -0.39 is 11.7 Å². The van der Waals surface area contributed by atoms with Crippen molar-refractivity contribution in [2.24, 2.45) is 0 Å². The summed E-state index contributed by atoms with van der Waals surface area (Å²) >= 11 is 0. The molecule has 1 aromatic carbocycles. The van der Waals surface area contributed by atoms with Crippen molar-refractivity contribution in [3.63, 3.8) is 0 Å². The van der Waals surface area contributed by atoms with Crippen molar-refractivity contribution in [1.82, 2.24) is 10.2 Å². The van der Waals surface area contributed by atoms with E-state index in [0.717, 1.165) is 50.5 Å². The average molecular weight is 300 g/mol. The Bertz CT molecular complexity index is 445. The zero-order valence-electron chi connectivity index (χ0n) is 12.4. The first-order valence-corrected chi connectivity index (χ1v) is 7.61. The van der Waals surface area contributed by atoms with Crippen LogP contribution in [0.1, 0.15) is 37.3 Å². The van der Waals surface area contributed by atoms with Crippen LogP contribution in [-0.2, 0) is 12.7 Å². The van der Waals surface area contributed by atoms with Gasteiger partial charge in [-0.25, -0.2) is 0 Å². The molecule has 1 fully saturated rings. The number of alkyl halides is 3. The fraction of sp³-hybridized carbons (Fsp3) is 0.625. The van der Waals surface area contributed by atoms with E-state index in [9.17, 15) is 13.2 Å². The molecule has 0 saturated carbocycles. The van der Waals surface area contributed by atoms with Crippen LogP contribution < -0.4 is 5.32 Å². The third kappa shape index (κ3) is 5.00. The lowest BCUT2D eigenvalue weighted by Gasteiger charge is -2.29. The summed E-state index contributed by atoms with van der Waals surface area (Å²) in [4.78, 5) is 2.26. The maximum Gasteiger partial charge on any atom is 0.416 e. The van der Waals surface area contributed by atoms with Gasteiger partial charge in [0.1, 0.15) is 0 Å². The van der Waals surface area contributed by atoms with Crippen LogP contribution in [0.5, 0.6) is 0 Å². The predicted molar refractivity (Wildman–Crippen MR) is 78.0 cm³/mol. The average Bonchev–Trinajstić information content (AvgIpc) is 2.42. The minimum atomic E-state index is -4.26. The number of hydrogen-bond donors (Lipinski definition) is 1. The van der Waals surface area contributed by atoms with E-state index >= 15 is 0 Å². The molecule has 2 nitrogen and oxygen atoms in total.